The van der Waals surface area contributed by atoms with Crippen molar-refractivity contribution < 1.29 is 15.3 Å². The van der Waals surface area contributed by atoms with Crippen LogP contribution in [0.5, 0.6) is 17.2 Å². The molecule has 0 aliphatic heterocycles. The van der Waals surface area contributed by atoms with Gasteiger partial charge >= 0.3 is 0 Å². The van der Waals surface area contributed by atoms with Crippen molar-refractivity contribution in [3.05, 3.63) is 77.9 Å². The molecule has 0 saturated carbocycles. The molecule has 0 bridgehead atoms. The fourth-order valence-electron chi connectivity index (χ4n) is 2.68. The second-order valence-electron chi connectivity index (χ2n) is 5.83. The third-order valence-corrected chi connectivity index (χ3v) is 4.53. The second-order valence-corrected chi connectivity index (χ2v) is 6.58. The van der Waals surface area contributed by atoms with Crippen LogP contribution in [0.1, 0.15) is 18.1 Å². The Labute approximate surface area is 145 Å². The van der Waals surface area contributed by atoms with Crippen molar-refractivity contribution >= 4 is 11.6 Å². The molecule has 0 spiro atoms. The van der Waals surface area contributed by atoms with Gasteiger partial charge in [-0.2, -0.15) is 0 Å². The van der Waals surface area contributed by atoms with E-state index in [4.69, 9.17) is 11.6 Å². The summed E-state index contributed by atoms with van der Waals surface area (Å²) in [5.41, 5.74) is 3.13. The quantitative estimate of drug-likeness (QED) is 0.590. The van der Waals surface area contributed by atoms with Gasteiger partial charge in [-0.15, -0.1) is 11.6 Å². The maximum absolute atomic E-state index is 10.3. The van der Waals surface area contributed by atoms with Gasteiger partial charge in [0.1, 0.15) is 17.2 Å². The van der Waals surface area contributed by atoms with E-state index in [0.29, 0.717) is 5.56 Å². The summed E-state index contributed by atoms with van der Waals surface area (Å²) in [6.45, 7) is 1.80. The molecule has 3 nitrogen and oxygen atoms in total. The summed E-state index contributed by atoms with van der Waals surface area (Å²) < 4.78 is 0. The first-order valence-corrected chi connectivity index (χ1v) is 7.87. The van der Waals surface area contributed by atoms with E-state index >= 15 is 0 Å². The van der Waals surface area contributed by atoms with Gasteiger partial charge in [0.25, 0.3) is 0 Å². The Morgan fingerprint density at radius 1 is 0.708 bits per heavy atom. The highest BCUT2D eigenvalue weighted by molar-refractivity contribution is 6.26. The van der Waals surface area contributed by atoms with Crippen LogP contribution in [0.2, 0.25) is 0 Å². The molecule has 0 aliphatic rings. The Hall–Kier alpha value is -2.65. The molecule has 3 aromatic carbocycles. The van der Waals surface area contributed by atoms with Gasteiger partial charge in [-0.05, 0) is 60.0 Å². The van der Waals surface area contributed by atoms with E-state index in [1.54, 1.807) is 67.6 Å². The molecular weight excluding hydrogens is 324 g/mol. The topological polar surface area (TPSA) is 60.7 Å². The number of hydrogen-bond acceptors (Lipinski definition) is 3. The van der Waals surface area contributed by atoms with Crippen molar-refractivity contribution in [2.75, 3.05) is 0 Å². The van der Waals surface area contributed by atoms with Gasteiger partial charge in [0.05, 0.1) is 4.87 Å². The van der Waals surface area contributed by atoms with Crippen molar-refractivity contribution in [3.63, 3.8) is 0 Å². The molecular formula is C20H17ClO3. The third-order valence-electron chi connectivity index (χ3n) is 4.11. The molecule has 4 heteroatoms. The van der Waals surface area contributed by atoms with E-state index in [1.165, 1.54) is 0 Å². The minimum absolute atomic E-state index is 0.100. The third kappa shape index (κ3) is 3.03. The van der Waals surface area contributed by atoms with Gasteiger partial charge in [-0.3, -0.25) is 0 Å². The highest BCUT2D eigenvalue weighted by Crippen LogP contribution is 2.42. The Kier molecular flexibility index (Phi) is 4.12. The summed E-state index contributed by atoms with van der Waals surface area (Å²) in [5, 5.41) is 29.2. The highest BCUT2D eigenvalue weighted by atomic mass is 35.5. The number of aromatic hydroxyl groups is 3. The summed E-state index contributed by atoms with van der Waals surface area (Å²) in [7, 11) is 0. The Morgan fingerprint density at radius 2 is 1.21 bits per heavy atom. The Bertz CT molecular complexity index is 853. The van der Waals surface area contributed by atoms with E-state index < -0.39 is 4.87 Å². The molecule has 0 amide bonds. The first-order chi connectivity index (χ1) is 11.4. The number of hydrogen-bond donors (Lipinski definition) is 3. The van der Waals surface area contributed by atoms with Crippen LogP contribution in [-0.2, 0) is 4.87 Å². The fourth-order valence-corrected chi connectivity index (χ4v) is 2.95. The van der Waals surface area contributed by atoms with E-state index in [9.17, 15) is 15.3 Å². The van der Waals surface area contributed by atoms with Crippen molar-refractivity contribution in [1.29, 1.82) is 0 Å². The van der Waals surface area contributed by atoms with Crippen LogP contribution in [0.4, 0.5) is 0 Å². The van der Waals surface area contributed by atoms with Crippen molar-refractivity contribution in [2.45, 2.75) is 11.8 Å². The lowest BCUT2D eigenvalue weighted by molar-refractivity contribution is 0.463. The molecule has 0 saturated heterocycles. The van der Waals surface area contributed by atoms with Crippen LogP contribution in [0, 0.1) is 0 Å². The van der Waals surface area contributed by atoms with Crippen LogP contribution < -0.4 is 0 Å². The molecule has 24 heavy (non-hydrogen) atoms. The lowest BCUT2D eigenvalue weighted by Crippen LogP contribution is -2.15. The summed E-state index contributed by atoms with van der Waals surface area (Å²) in [6, 6.07) is 18.7. The SMILES string of the molecule is CC(Cl)(c1ccc(O)cc1)c1cc(-c2ccc(O)cc2)ccc1O. The van der Waals surface area contributed by atoms with Gasteiger partial charge in [-0.1, -0.05) is 30.3 Å². The van der Waals surface area contributed by atoms with Crippen molar-refractivity contribution in [3.8, 4) is 28.4 Å². The van der Waals surface area contributed by atoms with Gasteiger partial charge in [0.2, 0.25) is 0 Å². The number of alkyl halides is 1. The maximum atomic E-state index is 10.3. The number of benzene rings is 3. The van der Waals surface area contributed by atoms with Crippen LogP contribution in [0.15, 0.2) is 66.7 Å². The van der Waals surface area contributed by atoms with Crippen LogP contribution in [0.25, 0.3) is 11.1 Å². The largest absolute Gasteiger partial charge is 0.508 e. The fraction of sp³-hybridized carbons (Fsp3) is 0.100. The van der Waals surface area contributed by atoms with E-state index in [0.717, 1.165) is 16.7 Å². The zero-order valence-electron chi connectivity index (χ0n) is 13.1. The van der Waals surface area contributed by atoms with Crippen molar-refractivity contribution in [2.24, 2.45) is 0 Å². The molecule has 1 atom stereocenters. The molecule has 0 heterocycles. The first-order valence-electron chi connectivity index (χ1n) is 7.49. The molecule has 122 valence electrons. The minimum atomic E-state index is -0.954. The molecule has 0 radical (unpaired) electrons. The molecule has 1 unspecified atom stereocenters. The van der Waals surface area contributed by atoms with Gasteiger partial charge < -0.3 is 15.3 Å². The predicted molar refractivity (Wildman–Crippen MR) is 95.6 cm³/mol. The minimum Gasteiger partial charge on any atom is -0.508 e. The summed E-state index contributed by atoms with van der Waals surface area (Å²) >= 11 is 6.75. The average molecular weight is 341 g/mol. The molecule has 3 rings (SSSR count). The summed E-state index contributed by atoms with van der Waals surface area (Å²) in [5.74, 6) is 0.459. The molecule has 0 fully saturated rings. The first kappa shape index (κ1) is 16.2. The van der Waals surface area contributed by atoms with Gasteiger partial charge in [0.15, 0.2) is 0 Å². The van der Waals surface area contributed by atoms with E-state index in [1.807, 2.05) is 6.07 Å². The predicted octanol–water partition coefficient (Wildman–Crippen LogP) is 4.97. The number of phenolic OH excluding ortho intramolecular Hbond substituents is 3. The summed E-state index contributed by atoms with van der Waals surface area (Å²) in [4.78, 5) is -0.954. The molecule has 0 aromatic heterocycles. The Morgan fingerprint density at radius 3 is 1.79 bits per heavy atom. The normalized spacial score (nSPS) is 13.4. The van der Waals surface area contributed by atoms with E-state index in [2.05, 4.69) is 0 Å². The van der Waals surface area contributed by atoms with Crippen LogP contribution >= 0.6 is 11.6 Å². The smallest absolute Gasteiger partial charge is 0.120 e. The lowest BCUT2D eigenvalue weighted by atomic mass is 9.89. The second kappa shape index (κ2) is 6.10. The molecule has 3 N–H and O–H groups in total. The average Bonchev–Trinajstić information content (AvgIpc) is 2.56. The number of rotatable bonds is 3. The highest BCUT2D eigenvalue weighted by Gasteiger charge is 2.29. The maximum Gasteiger partial charge on any atom is 0.120 e. The zero-order valence-corrected chi connectivity index (χ0v) is 13.8. The van der Waals surface area contributed by atoms with E-state index in [-0.39, 0.29) is 17.2 Å². The number of halogens is 1. The molecule has 0 aliphatic carbocycles. The van der Waals surface area contributed by atoms with Crippen molar-refractivity contribution in [1.82, 2.24) is 0 Å². The Balaban J connectivity index is 2.08. The van der Waals surface area contributed by atoms with Gasteiger partial charge in [0, 0.05) is 5.56 Å². The van der Waals surface area contributed by atoms with Gasteiger partial charge in [-0.25, -0.2) is 0 Å². The summed E-state index contributed by atoms with van der Waals surface area (Å²) in [6.07, 6.45) is 0. The number of phenols is 3. The van der Waals surface area contributed by atoms with Crippen LogP contribution in [-0.4, -0.2) is 15.3 Å². The zero-order chi connectivity index (χ0) is 17.3. The standard InChI is InChI=1S/C20H17ClO3/c1-20(21,15-5-9-17(23)10-6-15)18-12-14(4-11-19(18)24)13-2-7-16(22)8-3-13/h2-12,22-24H,1H3. The molecule has 3 aromatic rings. The monoisotopic (exact) mass is 340 g/mol. The van der Waals surface area contributed by atoms with Crippen LogP contribution in [0.3, 0.4) is 0 Å². The lowest BCUT2D eigenvalue weighted by Gasteiger charge is -2.25.